The van der Waals surface area contributed by atoms with Crippen molar-refractivity contribution in [1.29, 1.82) is 0 Å². The number of benzene rings is 2. The van der Waals surface area contributed by atoms with E-state index >= 15 is 0 Å². The Morgan fingerprint density at radius 2 is 1.72 bits per heavy atom. The van der Waals surface area contributed by atoms with E-state index in [9.17, 15) is 14.4 Å². The summed E-state index contributed by atoms with van der Waals surface area (Å²) >= 11 is 6.40. The van der Waals surface area contributed by atoms with E-state index in [0.29, 0.717) is 40.9 Å². The van der Waals surface area contributed by atoms with Gasteiger partial charge in [-0.2, -0.15) is 0 Å². The molecular formula is C28H31ClN4O3. The van der Waals surface area contributed by atoms with Gasteiger partial charge in [0.1, 0.15) is 0 Å². The molecule has 0 spiro atoms. The molecule has 1 fully saturated rings. The first-order chi connectivity index (χ1) is 17.4. The highest BCUT2D eigenvalue weighted by Gasteiger charge is 2.43. The van der Waals surface area contributed by atoms with Crippen LogP contribution >= 0.6 is 11.6 Å². The molecule has 0 bridgehead atoms. The van der Waals surface area contributed by atoms with Crippen LogP contribution in [0.25, 0.3) is 0 Å². The SMILES string of the molecule is CN1C(=O)NC(c2ccccc2Cl)C2=C1CN(CCC(=O)N1CCC(Cc3ccccc3)CC1)C2=O. The Labute approximate surface area is 216 Å². The second kappa shape index (κ2) is 10.3. The van der Waals surface area contributed by atoms with Crippen molar-refractivity contribution in [3.63, 3.8) is 0 Å². The molecule has 1 unspecified atom stereocenters. The number of urea groups is 1. The number of carbonyl (C=O) groups excluding carboxylic acids is 3. The molecule has 5 rings (SSSR count). The van der Waals surface area contributed by atoms with Crippen molar-refractivity contribution in [2.24, 2.45) is 5.92 Å². The van der Waals surface area contributed by atoms with Crippen LogP contribution in [0, 0.1) is 5.92 Å². The molecule has 3 aliphatic heterocycles. The summed E-state index contributed by atoms with van der Waals surface area (Å²) < 4.78 is 0. The van der Waals surface area contributed by atoms with Gasteiger partial charge in [0.15, 0.2) is 0 Å². The summed E-state index contributed by atoms with van der Waals surface area (Å²) in [6, 6.07) is 16.8. The standard InChI is InChI=1S/C28H31ClN4O3/c1-31-23-18-33(27(35)25(23)26(30-28(31)36)21-9-5-6-10-22(21)29)16-13-24(34)32-14-11-20(12-15-32)17-19-7-3-2-4-8-19/h2-10,20,26H,11-18H2,1H3,(H,30,36). The van der Waals surface area contributed by atoms with Gasteiger partial charge in [0, 0.05) is 38.1 Å². The normalized spacial score (nSPS) is 20.6. The lowest BCUT2D eigenvalue weighted by atomic mass is 9.90. The van der Waals surface area contributed by atoms with E-state index in [4.69, 9.17) is 11.6 Å². The number of nitrogens with zero attached hydrogens (tertiary/aromatic N) is 3. The fraction of sp³-hybridized carbons (Fsp3) is 0.393. The van der Waals surface area contributed by atoms with Crippen LogP contribution in [0.2, 0.25) is 5.02 Å². The van der Waals surface area contributed by atoms with E-state index in [2.05, 4.69) is 29.6 Å². The number of rotatable bonds is 6. The number of hydrogen-bond acceptors (Lipinski definition) is 3. The highest BCUT2D eigenvalue weighted by Crippen LogP contribution is 2.38. The smallest absolute Gasteiger partial charge is 0.322 e. The van der Waals surface area contributed by atoms with Crippen LogP contribution in [-0.2, 0) is 16.0 Å². The Morgan fingerprint density at radius 1 is 1.03 bits per heavy atom. The van der Waals surface area contributed by atoms with Gasteiger partial charge in [-0.05, 0) is 42.4 Å². The van der Waals surface area contributed by atoms with Gasteiger partial charge in [0.05, 0.1) is 23.9 Å². The average molecular weight is 507 g/mol. The summed E-state index contributed by atoms with van der Waals surface area (Å²) in [5, 5.41) is 3.40. The number of likely N-dealkylation sites (tertiary alicyclic amines) is 1. The summed E-state index contributed by atoms with van der Waals surface area (Å²) in [7, 11) is 1.66. The van der Waals surface area contributed by atoms with E-state index in [1.165, 1.54) is 10.5 Å². The monoisotopic (exact) mass is 506 g/mol. The molecule has 0 radical (unpaired) electrons. The lowest BCUT2D eigenvalue weighted by Gasteiger charge is -2.32. The van der Waals surface area contributed by atoms with E-state index in [1.807, 2.05) is 29.2 Å². The van der Waals surface area contributed by atoms with Gasteiger partial charge >= 0.3 is 6.03 Å². The molecule has 36 heavy (non-hydrogen) atoms. The van der Waals surface area contributed by atoms with Gasteiger partial charge in [0.2, 0.25) is 5.91 Å². The van der Waals surface area contributed by atoms with Crippen molar-refractivity contribution in [2.45, 2.75) is 31.7 Å². The quantitative estimate of drug-likeness (QED) is 0.643. The molecule has 0 saturated carbocycles. The third-order valence-electron chi connectivity index (χ3n) is 7.58. The fourth-order valence-electron chi connectivity index (χ4n) is 5.47. The minimum Gasteiger partial charge on any atom is -0.343 e. The van der Waals surface area contributed by atoms with E-state index < -0.39 is 6.04 Å². The van der Waals surface area contributed by atoms with Crippen LogP contribution in [0.5, 0.6) is 0 Å². The predicted molar refractivity (Wildman–Crippen MR) is 138 cm³/mol. The fourth-order valence-corrected chi connectivity index (χ4v) is 5.71. The third-order valence-corrected chi connectivity index (χ3v) is 7.93. The van der Waals surface area contributed by atoms with Gasteiger partial charge in [-0.1, -0.05) is 60.1 Å². The Hall–Kier alpha value is -3.32. The maximum Gasteiger partial charge on any atom is 0.322 e. The zero-order valence-corrected chi connectivity index (χ0v) is 21.2. The summed E-state index contributed by atoms with van der Waals surface area (Å²) in [6.07, 6.45) is 3.32. The first-order valence-corrected chi connectivity index (χ1v) is 12.9. The second-order valence-electron chi connectivity index (χ2n) is 9.81. The Bertz CT molecular complexity index is 1190. The first kappa shape index (κ1) is 24.4. The molecule has 1 N–H and O–H groups in total. The molecular weight excluding hydrogens is 476 g/mol. The lowest BCUT2D eigenvalue weighted by molar-refractivity contribution is -0.133. The highest BCUT2D eigenvalue weighted by molar-refractivity contribution is 6.31. The largest absolute Gasteiger partial charge is 0.343 e. The molecule has 0 aliphatic carbocycles. The molecule has 1 atom stereocenters. The van der Waals surface area contributed by atoms with Crippen LogP contribution in [-0.4, -0.2) is 65.8 Å². The predicted octanol–water partition coefficient (Wildman–Crippen LogP) is 4.00. The summed E-state index contributed by atoms with van der Waals surface area (Å²) in [5.41, 5.74) is 3.24. The molecule has 4 amide bonds. The van der Waals surface area contributed by atoms with Crippen LogP contribution in [0.3, 0.4) is 0 Å². The van der Waals surface area contributed by atoms with Gasteiger partial charge in [-0.3, -0.25) is 14.5 Å². The minimum atomic E-state index is -0.603. The number of halogens is 1. The number of nitrogens with one attached hydrogen (secondary N) is 1. The molecule has 2 aromatic carbocycles. The number of carbonyl (C=O) groups is 3. The number of likely N-dealkylation sites (N-methyl/N-ethyl adjacent to an activating group) is 1. The maximum atomic E-state index is 13.4. The number of hydrogen-bond donors (Lipinski definition) is 1. The summed E-state index contributed by atoms with van der Waals surface area (Å²) in [5.74, 6) is 0.516. The topological polar surface area (TPSA) is 73.0 Å². The Kier molecular flexibility index (Phi) is 7.01. The number of piperidine rings is 1. The lowest BCUT2D eigenvalue weighted by Crippen LogP contribution is -2.45. The molecule has 1 saturated heterocycles. The van der Waals surface area contributed by atoms with Crippen molar-refractivity contribution in [3.05, 3.63) is 82.0 Å². The van der Waals surface area contributed by atoms with Crippen molar-refractivity contribution >= 4 is 29.4 Å². The van der Waals surface area contributed by atoms with Gasteiger partial charge < -0.3 is 15.1 Å². The average Bonchev–Trinajstić information content (AvgIpc) is 3.22. The van der Waals surface area contributed by atoms with Crippen molar-refractivity contribution < 1.29 is 14.4 Å². The first-order valence-electron chi connectivity index (χ1n) is 12.5. The highest BCUT2D eigenvalue weighted by atomic mass is 35.5. The van der Waals surface area contributed by atoms with Crippen LogP contribution in [0.15, 0.2) is 65.9 Å². The molecule has 3 aliphatic rings. The molecule has 2 aromatic rings. The van der Waals surface area contributed by atoms with E-state index in [0.717, 1.165) is 32.4 Å². The zero-order chi connectivity index (χ0) is 25.2. The third kappa shape index (κ3) is 4.85. The van der Waals surface area contributed by atoms with Crippen molar-refractivity contribution in [1.82, 2.24) is 20.0 Å². The number of amides is 4. The van der Waals surface area contributed by atoms with Gasteiger partial charge in [-0.15, -0.1) is 0 Å². The Morgan fingerprint density at radius 3 is 2.44 bits per heavy atom. The molecule has 3 heterocycles. The second-order valence-corrected chi connectivity index (χ2v) is 10.2. The zero-order valence-electron chi connectivity index (χ0n) is 20.5. The van der Waals surface area contributed by atoms with Crippen molar-refractivity contribution in [3.8, 4) is 0 Å². The maximum absolute atomic E-state index is 13.4. The van der Waals surface area contributed by atoms with Crippen molar-refractivity contribution in [2.75, 3.05) is 33.2 Å². The van der Waals surface area contributed by atoms with E-state index in [1.54, 1.807) is 18.0 Å². The molecule has 188 valence electrons. The molecule has 7 nitrogen and oxygen atoms in total. The van der Waals surface area contributed by atoms with Crippen LogP contribution < -0.4 is 5.32 Å². The molecule has 0 aromatic heterocycles. The minimum absolute atomic E-state index is 0.0797. The van der Waals surface area contributed by atoms with Gasteiger partial charge in [0.25, 0.3) is 5.91 Å². The van der Waals surface area contributed by atoms with Crippen LogP contribution in [0.4, 0.5) is 4.79 Å². The summed E-state index contributed by atoms with van der Waals surface area (Å²) in [6.45, 7) is 2.15. The molecule has 8 heteroatoms. The Balaban J connectivity index is 1.18. The van der Waals surface area contributed by atoms with Crippen LogP contribution in [0.1, 0.15) is 36.4 Å². The van der Waals surface area contributed by atoms with Gasteiger partial charge in [-0.25, -0.2) is 4.79 Å². The summed E-state index contributed by atoms with van der Waals surface area (Å²) in [4.78, 5) is 44.1. The van der Waals surface area contributed by atoms with E-state index in [-0.39, 0.29) is 24.3 Å².